The zero-order valence-corrected chi connectivity index (χ0v) is 8.44. The van der Waals surface area contributed by atoms with Crippen molar-refractivity contribution >= 4 is 5.69 Å². The molecule has 0 radical (unpaired) electrons. The van der Waals surface area contributed by atoms with E-state index < -0.39 is 0 Å². The molecule has 1 atom stereocenters. The van der Waals surface area contributed by atoms with Gasteiger partial charge in [0.2, 0.25) is 0 Å². The minimum absolute atomic E-state index is 0.517. The lowest BCUT2D eigenvalue weighted by atomic mass is 10.0. The fraction of sp³-hybridized carbons (Fsp3) is 0.333. The number of ether oxygens (including phenoxy) is 1. The van der Waals surface area contributed by atoms with Crippen LogP contribution in [0.25, 0.3) is 0 Å². The molecule has 2 heteroatoms. The molecule has 0 saturated carbocycles. The van der Waals surface area contributed by atoms with Crippen LogP contribution in [0, 0.1) is 0 Å². The van der Waals surface area contributed by atoms with Gasteiger partial charge in [-0.3, -0.25) is 0 Å². The molecule has 1 heterocycles. The van der Waals surface area contributed by atoms with E-state index in [-0.39, 0.29) is 0 Å². The Morgan fingerprint density at radius 3 is 2.57 bits per heavy atom. The van der Waals surface area contributed by atoms with Gasteiger partial charge < -0.3 is 9.64 Å². The molecule has 1 fully saturated rings. The molecule has 1 unspecified atom stereocenters. The quantitative estimate of drug-likeness (QED) is 0.677. The van der Waals surface area contributed by atoms with E-state index in [4.69, 9.17) is 4.74 Å². The lowest BCUT2D eigenvalue weighted by Gasteiger charge is -2.41. The number of anilines is 1. The van der Waals surface area contributed by atoms with Gasteiger partial charge in [0.05, 0.1) is 7.11 Å². The van der Waals surface area contributed by atoms with Gasteiger partial charge in [-0.25, -0.2) is 0 Å². The van der Waals surface area contributed by atoms with E-state index >= 15 is 0 Å². The van der Waals surface area contributed by atoms with Crippen LogP contribution >= 0.6 is 0 Å². The van der Waals surface area contributed by atoms with Gasteiger partial charge in [-0.1, -0.05) is 6.08 Å². The van der Waals surface area contributed by atoms with Gasteiger partial charge in [-0.05, 0) is 30.7 Å². The first kappa shape index (κ1) is 9.13. The maximum absolute atomic E-state index is 5.12. The molecule has 2 nitrogen and oxygen atoms in total. The minimum atomic E-state index is 0.517. The van der Waals surface area contributed by atoms with Crippen LogP contribution in [0.15, 0.2) is 36.9 Å². The van der Waals surface area contributed by atoms with Gasteiger partial charge in [-0.2, -0.15) is 0 Å². The molecule has 14 heavy (non-hydrogen) atoms. The normalized spacial score (nSPS) is 20.1. The predicted octanol–water partition coefficient (Wildman–Crippen LogP) is 2.46. The molecule has 0 amide bonds. The lowest BCUT2D eigenvalue weighted by Crippen LogP contribution is -2.46. The number of hydrogen-bond acceptors (Lipinski definition) is 2. The lowest BCUT2D eigenvalue weighted by molar-refractivity contribution is 0.414. The predicted molar refractivity (Wildman–Crippen MR) is 58.9 cm³/mol. The Labute approximate surface area is 84.8 Å². The Kier molecular flexibility index (Phi) is 2.44. The van der Waals surface area contributed by atoms with E-state index in [0.29, 0.717) is 6.04 Å². The Morgan fingerprint density at radius 2 is 2.14 bits per heavy atom. The first-order valence-corrected chi connectivity index (χ1v) is 4.88. The summed E-state index contributed by atoms with van der Waals surface area (Å²) in [5.41, 5.74) is 1.25. The average molecular weight is 189 g/mol. The second-order valence-electron chi connectivity index (χ2n) is 3.48. The molecule has 1 saturated heterocycles. The number of rotatable bonds is 3. The van der Waals surface area contributed by atoms with Crippen molar-refractivity contribution in [2.45, 2.75) is 12.5 Å². The van der Waals surface area contributed by atoms with E-state index in [9.17, 15) is 0 Å². The van der Waals surface area contributed by atoms with Gasteiger partial charge in [0.15, 0.2) is 0 Å². The molecule has 1 aromatic rings. The van der Waals surface area contributed by atoms with Crippen molar-refractivity contribution in [3.05, 3.63) is 36.9 Å². The fourth-order valence-electron chi connectivity index (χ4n) is 1.75. The second kappa shape index (κ2) is 3.74. The Hall–Kier alpha value is -1.44. The Morgan fingerprint density at radius 1 is 1.43 bits per heavy atom. The monoisotopic (exact) mass is 189 g/mol. The number of nitrogens with zero attached hydrogens (tertiary/aromatic N) is 1. The van der Waals surface area contributed by atoms with Crippen molar-refractivity contribution < 1.29 is 4.74 Å². The topological polar surface area (TPSA) is 12.5 Å². The Balaban J connectivity index is 2.13. The van der Waals surface area contributed by atoms with Crippen LogP contribution < -0.4 is 9.64 Å². The molecule has 0 spiro atoms. The molecule has 74 valence electrons. The molecule has 1 aliphatic heterocycles. The van der Waals surface area contributed by atoms with Crippen molar-refractivity contribution in [1.82, 2.24) is 0 Å². The van der Waals surface area contributed by atoms with Gasteiger partial charge in [-0.15, -0.1) is 6.58 Å². The highest BCUT2D eigenvalue weighted by molar-refractivity contribution is 5.52. The van der Waals surface area contributed by atoms with E-state index in [2.05, 4.69) is 23.6 Å². The number of benzene rings is 1. The van der Waals surface area contributed by atoms with E-state index in [0.717, 1.165) is 12.3 Å². The summed E-state index contributed by atoms with van der Waals surface area (Å²) in [7, 11) is 1.69. The third kappa shape index (κ3) is 1.48. The summed E-state index contributed by atoms with van der Waals surface area (Å²) in [4.78, 5) is 2.34. The minimum Gasteiger partial charge on any atom is -0.497 e. The summed E-state index contributed by atoms with van der Waals surface area (Å²) >= 11 is 0. The Bertz CT molecular complexity index is 318. The SMILES string of the molecule is C=CC1CCN1c1ccc(OC)cc1. The molecular weight excluding hydrogens is 174 g/mol. The maximum atomic E-state index is 5.12. The highest BCUT2D eigenvalue weighted by Gasteiger charge is 2.24. The third-order valence-corrected chi connectivity index (χ3v) is 2.74. The zero-order chi connectivity index (χ0) is 9.97. The van der Waals surface area contributed by atoms with Gasteiger partial charge in [0.1, 0.15) is 5.75 Å². The largest absolute Gasteiger partial charge is 0.497 e. The maximum Gasteiger partial charge on any atom is 0.119 e. The molecule has 0 aromatic heterocycles. The van der Waals surface area contributed by atoms with Crippen molar-refractivity contribution in [2.24, 2.45) is 0 Å². The van der Waals surface area contributed by atoms with Crippen LogP contribution in [0.4, 0.5) is 5.69 Å². The van der Waals surface area contributed by atoms with Crippen LogP contribution in [0.5, 0.6) is 5.75 Å². The van der Waals surface area contributed by atoms with Crippen molar-refractivity contribution in [1.29, 1.82) is 0 Å². The van der Waals surface area contributed by atoms with E-state index in [1.807, 2.05) is 18.2 Å². The second-order valence-corrected chi connectivity index (χ2v) is 3.48. The van der Waals surface area contributed by atoms with E-state index in [1.54, 1.807) is 7.11 Å². The summed E-state index contributed by atoms with van der Waals surface area (Å²) in [6.07, 6.45) is 3.23. The van der Waals surface area contributed by atoms with E-state index in [1.165, 1.54) is 12.1 Å². The van der Waals surface area contributed by atoms with Gasteiger partial charge in [0, 0.05) is 18.3 Å². The smallest absolute Gasteiger partial charge is 0.119 e. The molecule has 0 N–H and O–H groups in total. The standard InChI is InChI=1S/C12H15NO/c1-3-10-8-9-13(10)11-4-6-12(14-2)7-5-11/h3-7,10H,1,8-9H2,2H3. The summed E-state index contributed by atoms with van der Waals surface area (Å²) in [6, 6.07) is 8.69. The summed E-state index contributed by atoms with van der Waals surface area (Å²) in [5.74, 6) is 0.907. The van der Waals surface area contributed by atoms with Crippen LogP contribution in [0.2, 0.25) is 0 Å². The third-order valence-electron chi connectivity index (χ3n) is 2.74. The molecule has 1 aromatic carbocycles. The zero-order valence-electron chi connectivity index (χ0n) is 8.44. The molecule has 2 rings (SSSR count). The van der Waals surface area contributed by atoms with Gasteiger partial charge >= 0.3 is 0 Å². The first-order valence-electron chi connectivity index (χ1n) is 4.88. The van der Waals surface area contributed by atoms with Gasteiger partial charge in [0.25, 0.3) is 0 Å². The number of methoxy groups -OCH3 is 1. The van der Waals surface area contributed by atoms with Crippen LogP contribution in [0.1, 0.15) is 6.42 Å². The fourth-order valence-corrected chi connectivity index (χ4v) is 1.75. The number of hydrogen-bond donors (Lipinski definition) is 0. The van der Waals surface area contributed by atoms with Crippen LogP contribution in [0.3, 0.4) is 0 Å². The molecular formula is C12H15NO. The van der Waals surface area contributed by atoms with Crippen LogP contribution in [-0.2, 0) is 0 Å². The summed E-state index contributed by atoms with van der Waals surface area (Å²) < 4.78 is 5.12. The summed E-state index contributed by atoms with van der Waals surface area (Å²) in [5, 5.41) is 0. The summed E-state index contributed by atoms with van der Waals surface area (Å²) in [6.45, 7) is 4.95. The van der Waals surface area contributed by atoms with Crippen LogP contribution in [-0.4, -0.2) is 19.7 Å². The highest BCUT2D eigenvalue weighted by Crippen LogP contribution is 2.28. The van der Waals surface area contributed by atoms with Crippen molar-refractivity contribution in [3.63, 3.8) is 0 Å². The highest BCUT2D eigenvalue weighted by atomic mass is 16.5. The average Bonchev–Trinajstić information content (AvgIpc) is 2.18. The first-order chi connectivity index (χ1) is 6.85. The van der Waals surface area contributed by atoms with Crippen molar-refractivity contribution in [2.75, 3.05) is 18.6 Å². The molecule has 0 bridgehead atoms. The molecule has 1 aliphatic rings. The van der Waals surface area contributed by atoms with Crippen molar-refractivity contribution in [3.8, 4) is 5.75 Å². The molecule has 0 aliphatic carbocycles.